The van der Waals surface area contributed by atoms with Crippen molar-refractivity contribution in [1.29, 1.82) is 0 Å². The second-order valence-electron chi connectivity index (χ2n) is 4.56. The molecule has 0 aliphatic rings. The Morgan fingerprint density at radius 3 is 2.27 bits per heavy atom. The first-order valence-corrected chi connectivity index (χ1v) is 6.48. The molecule has 0 unspecified atom stereocenters. The maximum Gasteiger partial charge on any atom is 0.416 e. The lowest BCUT2D eigenvalue weighted by Crippen LogP contribution is -2.10. The minimum absolute atomic E-state index is 0.557. The van der Waals surface area contributed by atoms with Crippen LogP contribution in [-0.2, 0) is 6.18 Å². The second-order valence-corrected chi connectivity index (χ2v) is 4.56. The molecular formula is C17H14F3NO. The number of hydrogen-bond acceptors (Lipinski definition) is 2. The first-order chi connectivity index (χ1) is 10.5. The predicted molar refractivity (Wildman–Crippen MR) is 79.6 cm³/mol. The van der Waals surface area contributed by atoms with Gasteiger partial charge in [0.25, 0.3) is 0 Å². The zero-order valence-electron chi connectivity index (χ0n) is 11.8. The van der Waals surface area contributed by atoms with Gasteiger partial charge < -0.3 is 10.1 Å². The number of anilines is 1. The highest BCUT2D eigenvalue weighted by Crippen LogP contribution is 2.31. The van der Waals surface area contributed by atoms with Crippen LogP contribution >= 0.6 is 0 Å². The van der Waals surface area contributed by atoms with E-state index in [1.165, 1.54) is 19.2 Å². The average Bonchev–Trinajstić information content (AvgIpc) is 2.52. The number of benzene rings is 2. The standard InChI is InChI=1S/C17H14F3NO/c1-3-14(21-15-6-4-5-7-16(15)22-2)12-8-10-13(11-9-12)17(18,19)20/h1,4-11,14,21H,2H3/t14-/m0/s1. The van der Waals surface area contributed by atoms with Gasteiger partial charge in [-0.25, -0.2) is 0 Å². The fourth-order valence-electron chi connectivity index (χ4n) is 2.01. The van der Waals surface area contributed by atoms with Crippen molar-refractivity contribution >= 4 is 5.69 Å². The van der Waals surface area contributed by atoms with Crippen LogP contribution in [-0.4, -0.2) is 7.11 Å². The van der Waals surface area contributed by atoms with E-state index in [0.717, 1.165) is 12.1 Å². The molecule has 0 fully saturated rings. The molecule has 0 aliphatic heterocycles. The highest BCUT2D eigenvalue weighted by Gasteiger charge is 2.30. The van der Waals surface area contributed by atoms with Crippen molar-refractivity contribution in [3.05, 3.63) is 59.7 Å². The third-order valence-electron chi connectivity index (χ3n) is 3.14. The van der Waals surface area contributed by atoms with Crippen molar-refractivity contribution in [2.75, 3.05) is 12.4 Å². The first-order valence-electron chi connectivity index (χ1n) is 6.48. The maximum atomic E-state index is 12.6. The summed E-state index contributed by atoms with van der Waals surface area (Å²) in [5.41, 5.74) is 0.540. The summed E-state index contributed by atoms with van der Waals surface area (Å²) in [6.07, 6.45) is 1.13. The zero-order valence-corrected chi connectivity index (χ0v) is 11.8. The molecule has 0 saturated heterocycles. The molecule has 0 radical (unpaired) electrons. The molecular weight excluding hydrogens is 291 g/mol. The van der Waals surface area contributed by atoms with E-state index in [1.807, 2.05) is 12.1 Å². The van der Waals surface area contributed by atoms with Crippen LogP contribution in [0.15, 0.2) is 48.5 Å². The maximum absolute atomic E-state index is 12.6. The van der Waals surface area contributed by atoms with E-state index in [9.17, 15) is 13.2 Å². The minimum Gasteiger partial charge on any atom is -0.495 e. The first kappa shape index (κ1) is 15.8. The Balaban J connectivity index is 2.24. The Hall–Kier alpha value is -2.61. The number of nitrogens with one attached hydrogen (secondary N) is 1. The van der Waals surface area contributed by atoms with Gasteiger partial charge in [0, 0.05) is 0 Å². The van der Waals surface area contributed by atoms with E-state index in [2.05, 4.69) is 11.2 Å². The Morgan fingerprint density at radius 2 is 1.73 bits per heavy atom. The van der Waals surface area contributed by atoms with Gasteiger partial charge in [-0.2, -0.15) is 13.2 Å². The van der Waals surface area contributed by atoms with E-state index < -0.39 is 17.8 Å². The molecule has 114 valence electrons. The van der Waals surface area contributed by atoms with E-state index in [4.69, 9.17) is 11.2 Å². The largest absolute Gasteiger partial charge is 0.495 e. The normalized spacial score (nSPS) is 12.3. The van der Waals surface area contributed by atoms with Gasteiger partial charge in [0.2, 0.25) is 0 Å². The smallest absolute Gasteiger partial charge is 0.416 e. The molecule has 1 N–H and O–H groups in total. The van der Waals surface area contributed by atoms with Crippen LogP contribution in [0.2, 0.25) is 0 Å². The molecule has 0 amide bonds. The average molecular weight is 305 g/mol. The molecule has 2 nitrogen and oxygen atoms in total. The van der Waals surface area contributed by atoms with Crippen LogP contribution in [0.25, 0.3) is 0 Å². The predicted octanol–water partition coefficient (Wildman–Crippen LogP) is 4.50. The molecule has 2 aromatic rings. The van der Waals surface area contributed by atoms with Gasteiger partial charge in [0.1, 0.15) is 11.8 Å². The fraction of sp³-hybridized carbons (Fsp3) is 0.176. The molecule has 0 bridgehead atoms. The third kappa shape index (κ3) is 3.53. The Morgan fingerprint density at radius 1 is 1.09 bits per heavy atom. The molecule has 0 aromatic heterocycles. The lowest BCUT2D eigenvalue weighted by Gasteiger charge is -2.17. The number of halogens is 3. The molecule has 0 saturated carbocycles. The molecule has 2 aromatic carbocycles. The molecule has 0 aliphatic carbocycles. The van der Waals surface area contributed by atoms with Gasteiger partial charge in [-0.05, 0) is 29.8 Å². The highest BCUT2D eigenvalue weighted by atomic mass is 19.4. The molecule has 5 heteroatoms. The van der Waals surface area contributed by atoms with Crippen LogP contribution < -0.4 is 10.1 Å². The Kier molecular flexibility index (Phi) is 4.62. The van der Waals surface area contributed by atoms with Crippen molar-refractivity contribution in [1.82, 2.24) is 0 Å². The van der Waals surface area contributed by atoms with Crippen LogP contribution in [0, 0.1) is 12.3 Å². The summed E-state index contributed by atoms with van der Waals surface area (Å²) in [7, 11) is 1.53. The monoisotopic (exact) mass is 305 g/mol. The third-order valence-corrected chi connectivity index (χ3v) is 3.14. The number of rotatable bonds is 4. The molecule has 0 heterocycles. The lowest BCUT2D eigenvalue weighted by atomic mass is 10.0. The summed E-state index contributed by atoms with van der Waals surface area (Å²) >= 11 is 0. The lowest BCUT2D eigenvalue weighted by molar-refractivity contribution is -0.137. The Bertz CT molecular complexity index is 672. The molecule has 22 heavy (non-hydrogen) atoms. The topological polar surface area (TPSA) is 21.3 Å². The van der Waals surface area contributed by atoms with Crippen molar-refractivity contribution in [3.63, 3.8) is 0 Å². The zero-order chi connectivity index (χ0) is 16.2. The molecule has 2 rings (SSSR count). The van der Waals surface area contributed by atoms with Crippen LogP contribution in [0.1, 0.15) is 17.2 Å². The Labute approximate surface area is 126 Å². The van der Waals surface area contributed by atoms with Crippen LogP contribution in [0.5, 0.6) is 5.75 Å². The number of hydrogen-bond donors (Lipinski definition) is 1. The van der Waals surface area contributed by atoms with E-state index in [1.54, 1.807) is 12.1 Å². The summed E-state index contributed by atoms with van der Waals surface area (Å²) in [5, 5.41) is 3.08. The van der Waals surface area contributed by atoms with Crippen LogP contribution in [0.4, 0.5) is 18.9 Å². The minimum atomic E-state index is -4.36. The second kappa shape index (κ2) is 6.44. The summed E-state index contributed by atoms with van der Waals surface area (Å²) < 4.78 is 42.9. The van der Waals surface area contributed by atoms with Gasteiger partial charge >= 0.3 is 6.18 Å². The van der Waals surface area contributed by atoms with Crippen molar-refractivity contribution < 1.29 is 17.9 Å². The SMILES string of the molecule is C#C[C@H](Nc1ccccc1OC)c1ccc(C(F)(F)F)cc1. The highest BCUT2D eigenvalue weighted by molar-refractivity contribution is 5.58. The number of para-hydroxylation sites is 2. The summed E-state index contributed by atoms with van der Waals surface area (Å²) in [6, 6.07) is 11.4. The number of alkyl halides is 3. The molecule has 0 spiro atoms. The number of methoxy groups -OCH3 is 1. The van der Waals surface area contributed by atoms with Crippen molar-refractivity contribution in [2.45, 2.75) is 12.2 Å². The summed E-state index contributed by atoms with van der Waals surface area (Å²) in [6.45, 7) is 0. The molecule has 1 atom stereocenters. The van der Waals surface area contributed by atoms with Crippen molar-refractivity contribution in [3.8, 4) is 18.1 Å². The van der Waals surface area contributed by atoms with Crippen LogP contribution in [0.3, 0.4) is 0 Å². The summed E-state index contributed by atoms with van der Waals surface area (Å²) in [5.74, 6) is 3.13. The van der Waals surface area contributed by atoms with Gasteiger partial charge in [-0.15, -0.1) is 6.42 Å². The fourth-order valence-corrected chi connectivity index (χ4v) is 2.01. The van der Waals surface area contributed by atoms with Crippen molar-refractivity contribution in [2.24, 2.45) is 0 Å². The number of terminal acetylenes is 1. The number of ether oxygens (including phenoxy) is 1. The van der Waals surface area contributed by atoms with Gasteiger partial charge in [-0.3, -0.25) is 0 Å². The van der Waals surface area contributed by atoms with Gasteiger partial charge in [-0.1, -0.05) is 30.2 Å². The summed E-state index contributed by atoms with van der Waals surface area (Å²) in [4.78, 5) is 0. The quantitative estimate of drug-likeness (QED) is 0.840. The van der Waals surface area contributed by atoms with Gasteiger partial charge in [0.05, 0.1) is 18.4 Å². The van der Waals surface area contributed by atoms with E-state index in [0.29, 0.717) is 17.0 Å². The van der Waals surface area contributed by atoms with E-state index >= 15 is 0 Å². The van der Waals surface area contributed by atoms with Gasteiger partial charge in [0.15, 0.2) is 0 Å². The van der Waals surface area contributed by atoms with E-state index in [-0.39, 0.29) is 0 Å².